The molecule has 0 atom stereocenters. The fourth-order valence-electron chi connectivity index (χ4n) is 2.39. The summed E-state index contributed by atoms with van der Waals surface area (Å²) in [5, 5.41) is 9.13. The minimum Gasteiger partial charge on any atom is -0.494 e. The van der Waals surface area contributed by atoms with Gasteiger partial charge in [0.05, 0.1) is 13.2 Å². The van der Waals surface area contributed by atoms with Crippen LogP contribution in [0.3, 0.4) is 0 Å². The lowest BCUT2D eigenvalue weighted by atomic mass is 10.1. The molecule has 1 fully saturated rings. The third-order valence-electron chi connectivity index (χ3n) is 3.31. The molecule has 1 aliphatic heterocycles. The lowest BCUT2D eigenvalue weighted by Crippen LogP contribution is -2.26. The lowest BCUT2D eigenvalue weighted by molar-refractivity contribution is -0.127. The van der Waals surface area contributed by atoms with E-state index in [1.807, 2.05) is 30.0 Å². The fraction of sp³-hybridized carbons (Fsp3) is 0.533. The summed E-state index contributed by atoms with van der Waals surface area (Å²) in [5.41, 5.74) is 1.95. The van der Waals surface area contributed by atoms with Gasteiger partial charge in [0.15, 0.2) is 0 Å². The predicted octanol–water partition coefficient (Wildman–Crippen LogP) is 1.88. The Morgan fingerprint density at radius 1 is 1.37 bits per heavy atom. The zero-order chi connectivity index (χ0) is 13.7. The van der Waals surface area contributed by atoms with Crippen LogP contribution in [0.5, 0.6) is 5.75 Å². The highest BCUT2D eigenvalue weighted by molar-refractivity contribution is 5.77. The van der Waals surface area contributed by atoms with Gasteiger partial charge in [0, 0.05) is 19.5 Å². The van der Waals surface area contributed by atoms with Gasteiger partial charge in [-0.05, 0) is 43.0 Å². The Kier molecular flexibility index (Phi) is 4.80. The van der Waals surface area contributed by atoms with Crippen LogP contribution in [0.4, 0.5) is 0 Å². The quantitative estimate of drug-likeness (QED) is 0.797. The van der Waals surface area contributed by atoms with E-state index in [1.165, 1.54) is 0 Å². The third-order valence-corrected chi connectivity index (χ3v) is 3.31. The number of nitrogens with zero attached hydrogens (tertiary/aromatic N) is 1. The predicted molar refractivity (Wildman–Crippen MR) is 73.0 cm³/mol. The molecule has 1 aromatic rings. The summed E-state index contributed by atoms with van der Waals surface area (Å²) in [6.45, 7) is 4.27. The Labute approximate surface area is 114 Å². The van der Waals surface area contributed by atoms with E-state index >= 15 is 0 Å². The second-order valence-corrected chi connectivity index (χ2v) is 5.00. The third kappa shape index (κ3) is 3.96. The molecule has 19 heavy (non-hydrogen) atoms. The Hall–Kier alpha value is -1.55. The second-order valence-electron chi connectivity index (χ2n) is 5.00. The molecule has 2 rings (SSSR count). The van der Waals surface area contributed by atoms with Gasteiger partial charge >= 0.3 is 0 Å². The van der Waals surface area contributed by atoms with Gasteiger partial charge in [0.1, 0.15) is 5.75 Å². The summed E-state index contributed by atoms with van der Waals surface area (Å²) in [5.74, 6) is 1.05. The number of hydrogen-bond acceptors (Lipinski definition) is 3. The van der Waals surface area contributed by atoms with E-state index in [4.69, 9.17) is 9.84 Å². The topological polar surface area (TPSA) is 49.8 Å². The monoisotopic (exact) mass is 263 g/mol. The summed E-state index contributed by atoms with van der Waals surface area (Å²) >= 11 is 0. The van der Waals surface area contributed by atoms with E-state index in [-0.39, 0.29) is 12.5 Å². The standard InChI is InChI=1S/C15H21NO3/c1-12-8-13(11-17)10-14(9-12)19-7-3-6-16-5-2-4-15(16)18/h8-10,17H,2-7,11H2,1H3. The van der Waals surface area contributed by atoms with Gasteiger partial charge in [-0.2, -0.15) is 0 Å². The molecule has 1 saturated heterocycles. The molecule has 1 N–H and O–H groups in total. The number of aliphatic hydroxyl groups is 1. The van der Waals surface area contributed by atoms with Gasteiger partial charge in [-0.15, -0.1) is 0 Å². The van der Waals surface area contributed by atoms with Crippen molar-refractivity contribution in [3.63, 3.8) is 0 Å². The highest BCUT2D eigenvalue weighted by Gasteiger charge is 2.18. The van der Waals surface area contributed by atoms with E-state index in [0.29, 0.717) is 13.0 Å². The van der Waals surface area contributed by atoms with Crippen LogP contribution < -0.4 is 4.74 Å². The molecule has 1 aromatic carbocycles. The molecular formula is C15H21NO3. The maximum absolute atomic E-state index is 11.4. The number of rotatable bonds is 6. The highest BCUT2D eigenvalue weighted by atomic mass is 16.5. The lowest BCUT2D eigenvalue weighted by Gasteiger charge is -2.15. The number of likely N-dealkylation sites (tertiary alicyclic amines) is 1. The largest absolute Gasteiger partial charge is 0.494 e. The number of hydrogen-bond donors (Lipinski definition) is 1. The van der Waals surface area contributed by atoms with Crippen molar-refractivity contribution in [2.45, 2.75) is 32.8 Å². The van der Waals surface area contributed by atoms with Gasteiger partial charge in [0.25, 0.3) is 0 Å². The number of benzene rings is 1. The van der Waals surface area contributed by atoms with E-state index in [0.717, 1.165) is 42.8 Å². The smallest absolute Gasteiger partial charge is 0.222 e. The summed E-state index contributed by atoms with van der Waals surface area (Å²) in [7, 11) is 0. The van der Waals surface area contributed by atoms with Crippen molar-refractivity contribution < 1.29 is 14.6 Å². The molecule has 1 aliphatic rings. The van der Waals surface area contributed by atoms with Gasteiger partial charge in [-0.25, -0.2) is 0 Å². The van der Waals surface area contributed by atoms with Crippen LogP contribution in [0.25, 0.3) is 0 Å². The van der Waals surface area contributed by atoms with Crippen molar-refractivity contribution in [3.05, 3.63) is 29.3 Å². The first-order valence-corrected chi connectivity index (χ1v) is 6.81. The van der Waals surface area contributed by atoms with E-state index in [1.54, 1.807) is 0 Å². The first kappa shape index (κ1) is 13.9. The Balaban J connectivity index is 1.76. The normalized spacial score (nSPS) is 15.1. The van der Waals surface area contributed by atoms with Crippen LogP contribution in [0.2, 0.25) is 0 Å². The maximum Gasteiger partial charge on any atom is 0.222 e. The molecule has 1 amide bonds. The van der Waals surface area contributed by atoms with Crippen LogP contribution in [0.15, 0.2) is 18.2 Å². The van der Waals surface area contributed by atoms with E-state index in [2.05, 4.69) is 0 Å². The average molecular weight is 263 g/mol. The van der Waals surface area contributed by atoms with Gasteiger partial charge in [-0.1, -0.05) is 6.07 Å². The SMILES string of the molecule is Cc1cc(CO)cc(OCCCN2CCCC2=O)c1. The van der Waals surface area contributed by atoms with Gasteiger partial charge in [-0.3, -0.25) is 4.79 Å². The summed E-state index contributed by atoms with van der Waals surface area (Å²) in [6.07, 6.45) is 2.52. The molecule has 104 valence electrons. The Bertz CT molecular complexity index is 445. The fourth-order valence-corrected chi connectivity index (χ4v) is 2.39. The van der Waals surface area contributed by atoms with Crippen LogP contribution >= 0.6 is 0 Å². The van der Waals surface area contributed by atoms with Gasteiger partial charge in [0.2, 0.25) is 5.91 Å². The highest BCUT2D eigenvalue weighted by Crippen LogP contribution is 2.17. The second kappa shape index (κ2) is 6.57. The number of ether oxygens (including phenoxy) is 1. The zero-order valence-electron chi connectivity index (χ0n) is 11.4. The Morgan fingerprint density at radius 2 is 2.21 bits per heavy atom. The van der Waals surface area contributed by atoms with Gasteiger partial charge < -0.3 is 14.7 Å². The van der Waals surface area contributed by atoms with Crippen LogP contribution in [-0.2, 0) is 11.4 Å². The number of aliphatic hydroxyl groups excluding tert-OH is 1. The minimum absolute atomic E-state index is 0.0281. The molecule has 0 aromatic heterocycles. The average Bonchev–Trinajstić information content (AvgIpc) is 2.80. The minimum atomic E-state index is 0.0281. The van der Waals surface area contributed by atoms with Crippen LogP contribution in [0.1, 0.15) is 30.4 Å². The molecule has 4 heteroatoms. The number of carbonyl (C=O) groups excluding carboxylic acids is 1. The van der Waals surface area contributed by atoms with Crippen molar-refractivity contribution in [1.29, 1.82) is 0 Å². The number of carbonyl (C=O) groups is 1. The van der Waals surface area contributed by atoms with Crippen molar-refractivity contribution >= 4 is 5.91 Å². The summed E-state index contributed by atoms with van der Waals surface area (Å²) in [6, 6.07) is 5.75. The molecule has 0 saturated carbocycles. The maximum atomic E-state index is 11.4. The van der Waals surface area contributed by atoms with Crippen molar-refractivity contribution in [3.8, 4) is 5.75 Å². The number of amides is 1. The van der Waals surface area contributed by atoms with Crippen molar-refractivity contribution in [2.75, 3.05) is 19.7 Å². The molecule has 0 unspecified atom stereocenters. The molecule has 0 radical (unpaired) electrons. The molecule has 1 heterocycles. The first-order chi connectivity index (χ1) is 9.19. The summed E-state index contributed by atoms with van der Waals surface area (Å²) < 4.78 is 5.68. The zero-order valence-corrected chi connectivity index (χ0v) is 11.4. The Morgan fingerprint density at radius 3 is 2.89 bits per heavy atom. The summed E-state index contributed by atoms with van der Waals surface area (Å²) in [4.78, 5) is 13.3. The van der Waals surface area contributed by atoms with E-state index in [9.17, 15) is 4.79 Å². The molecule has 0 bridgehead atoms. The first-order valence-electron chi connectivity index (χ1n) is 6.81. The number of aryl methyl sites for hydroxylation is 1. The van der Waals surface area contributed by atoms with Crippen LogP contribution in [-0.4, -0.2) is 35.6 Å². The molecular weight excluding hydrogens is 242 g/mol. The molecule has 0 aliphatic carbocycles. The van der Waals surface area contributed by atoms with Crippen molar-refractivity contribution in [2.24, 2.45) is 0 Å². The van der Waals surface area contributed by atoms with Crippen LogP contribution in [0, 0.1) is 6.92 Å². The molecule has 4 nitrogen and oxygen atoms in total. The van der Waals surface area contributed by atoms with Crippen molar-refractivity contribution in [1.82, 2.24) is 4.90 Å². The molecule has 0 spiro atoms. The van der Waals surface area contributed by atoms with E-state index < -0.39 is 0 Å².